The summed E-state index contributed by atoms with van der Waals surface area (Å²) in [6.45, 7) is 6.01. The van der Waals surface area contributed by atoms with Gasteiger partial charge in [-0.3, -0.25) is 9.59 Å². The van der Waals surface area contributed by atoms with Gasteiger partial charge in [0.05, 0.1) is 24.9 Å². The van der Waals surface area contributed by atoms with E-state index in [0.29, 0.717) is 46.4 Å². The Kier molecular flexibility index (Phi) is 3.82. The van der Waals surface area contributed by atoms with Crippen LogP contribution in [0.25, 0.3) is 11.1 Å². The van der Waals surface area contributed by atoms with Crippen LogP contribution in [0.4, 0.5) is 0 Å². The Morgan fingerprint density at radius 1 is 1.33 bits per heavy atom. The number of nitrogens with zero attached hydrogens (tertiary/aromatic N) is 3. The Balaban J connectivity index is 1.55. The minimum absolute atomic E-state index is 0.0555. The lowest BCUT2D eigenvalue weighted by Crippen LogP contribution is -2.52. The first kappa shape index (κ1) is 18.2. The standard InChI is InChI=1S/C21H19N5O4/c1-11-22-8-14-6-17(30-18(14)23-11)21(20(28)24-12(2)25-21)10-26-9-13-4-5-15(29-3)7-16(13)19(26)27/h4-8,25H,2,9-10H2,1,3H3,(H,24,28)/t21-/m0/s1. The molecule has 1 atom stereocenters. The van der Waals surface area contributed by atoms with Crippen molar-refractivity contribution in [2.45, 2.75) is 19.0 Å². The summed E-state index contributed by atoms with van der Waals surface area (Å²) in [4.78, 5) is 36.2. The molecule has 0 aliphatic carbocycles. The Labute approximate surface area is 171 Å². The zero-order chi connectivity index (χ0) is 21.0. The van der Waals surface area contributed by atoms with Gasteiger partial charge in [0.2, 0.25) is 5.71 Å². The summed E-state index contributed by atoms with van der Waals surface area (Å²) < 4.78 is 11.2. The molecule has 1 saturated heterocycles. The third-order valence-corrected chi connectivity index (χ3v) is 5.45. The second-order valence-electron chi connectivity index (χ2n) is 7.44. The summed E-state index contributed by atoms with van der Waals surface area (Å²) in [6, 6.07) is 7.11. The highest BCUT2D eigenvalue weighted by molar-refractivity contribution is 6.00. The van der Waals surface area contributed by atoms with Crippen LogP contribution >= 0.6 is 0 Å². The molecular weight excluding hydrogens is 386 g/mol. The number of aromatic nitrogens is 2. The van der Waals surface area contributed by atoms with Crippen LogP contribution in [-0.2, 0) is 16.9 Å². The second kappa shape index (κ2) is 6.31. The van der Waals surface area contributed by atoms with E-state index in [4.69, 9.17) is 9.15 Å². The van der Waals surface area contributed by atoms with Gasteiger partial charge < -0.3 is 24.7 Å². The lowest BCUT2D eigenvalue weighted by atomic mass is 9.95. The molecule has 0 bridgehead atoms. The molecule has 1 fully saturated rings. The number of rotatable bonds is 4. The first-order valence-corrected chi connectivity index (χ1v) is 9.38. The van der Waals surface area contributed by atoms with Crippen molar-refractivity contribution < 1.29 is 18.7 Å². The van der Waals surface area contributed by atoms with Gasteiger partial charge in [-0.05, 0) is 30.7 Å². The highest BCUT2D eigenvalue weighted by Gasteiger charge is 2.51. The summed E-state index contributed by atoms with van der Waals surface area (Å²) in [5, 5.41) is 6.45. The van der Waals surface area contributed by atoms with Crippen molar-refractivity contribution in [3.05, 3.63) is 65.6 Å². The van der Waals surface area contributed by atoms with Gasteiger partial charge in [-0.1, -0.05) is 12.6 Å². The molecule has 2 aliphatic rings. The van der Waals surface area contributed by atoms with E-state index in [1.165, 1.54) is 0 Å². The van der Waals surface area contributed by atoms with Crippen LogP contribution in [0, 0.1) is 6.92 Å². The van der Waals surface area contributed by atoms with E-state index in [2.05, 4.69) is 27.2 Å². The SMILES string of the molecule is C=C1NC(=O)[C@](CN2Cc3ccc(OC)cc3C2=O)(c2cc3cnc(C)nc3o2)N1. The maximum atomic E-state index is 13.1. The van der Waals surface area contributed by atoms with Crippen LogP contribution < -0.4 is 15.4 Å². The maximum Gasteiger partial charge on any atom is 0.261 e. The number of carbonyl (C=O) groups is 2. The molecule has 5 rings (SSSR count). The number of aryl methyl sites for hydroxylation is 1. The summed E-state index contributed by atoms with van der Waals surface area (Å²) in [6.07, 6.45) is 1.64. The number of furan rings is 1. The van der Waals surface area contributed by atoms with Gasteiger partial charge in [0.15, 0.2) is 5.54 Å². The topological polar surface area (TPSA) is 110 Å². The van der Waals surface area contributed by atoms with Crippen LogP contribution in [0.2, 0.25) is 0 Å². The third-order valence-electron chi connectivity index (χ3n) is 5.45. The normalized spacial score (nSPS) is 20.5. The zero-order valence-corrected chi connectivity index (χ0v) is 16.5. The Morgan fingerprint density at radius 2 is 2.17 bits per heavy atom. The smallest absolute Gasteiger partial charge is 0.261 e. The average molecular weight is 405 g/mol. The number of fused-ring (bicyclic) bond motifs is 2. The summed E-state index contributed by atoms with van der Waals surface area (Å²) in [5.41, 5.74) is 0.491. The van der Waals surface area contributed by atoms with E-state index in [1.807, 2.05) is 12.1 Å². The van der Waals surface area contributed by atoms with Crippen molar-refractivity contribution >= 4 is 22.9 Å². The van der Waals surface area contributed by atoms with Gasteiger partial charge in [-0.2, -0.15) is 4.98 Å². The Morgan fingerprint density at radius 3 is 2.90 bits per heavy atom. The first-order valence-electron chi connectivity index (χ1n) is 9.38. The lowest BCUT2D eigenvalue weighted by Gasteiger charge is -2.29. The quantitative estimate of drug-likeness (QED) is 0.678. The van der Waals surface area contributed by atoms with Crippen molar-refractivity contribution in [3.63, 3.8) is 0 Å². The van der Waals surface area contributed by atoms with Crippen molar-refractivity contribution in [3.8, 4) is 5.75 Å². The van der Waals surface area contributed by atoms with Gasteiger partial charge >= 0.3 is 0 Å². The van der Waals surface area contributed by atoms with Gasteiger partial charge in [0, 0.05) is 18.3 Å². The molecule has 2 aliphatic heterocycles. The predicted molar refractivity (Wildman–Crippen MR) is 106 cm³/mol. The molecule has 30 heavy (non-hydrogen) atoms. The highest BCUT2D eigenvalue weighted by atomic mass is 16.5. The molecule has 9 nitrogen and oxygen atoms in total. The monoisotopic (exact) mass is 405 g/mol. The molecule has 3 aromatic rings. The van der Waals surface area contributed by atoms with E-state index in [9.17, 15) is 9.59 Å². The van der Waals surface area contributed by atoms with Gasteiger partial charge in [0.25, 0.3) is 11.8 Å². The molecule has 1 aromatic carbocycles. The van der Waals surface area contributed by atoms with E-state index in [0.717, 1.165) is 5.56 Å². The predicted octanol–water partition coefficient (Wildman–Crippen LogP) is 1.58. The van der Waals surface area contributed by atoms with Crippen molar-refractivity contribution in [1.82, 2.24) is 25.5 Å². The zero-order valence-electron chi connectivity index (χ0n) is 16.5. The fourth-order valence-corrected chi connectivity index (χ4v) is 3.96. The first-order chi connectivity index (χ1) is 14.4. The van der Waals surface area contributed by atoms with E-state index >= 15 is 0 Å². The average Bonchev–Trinajstić information content (AvgIpc) is 3.36. The lowest BCUT2D eigenvalue weighted by molar-refractivity contribution is -0.125. The minimum Gasteiger partial charge on any atom is -0.497 e. The molecule has 9 heteroatoms. The Hall–Kier alpha value is -3.88. The fraction of sp³-hybridized carbons (Fsp3) is 0.238. The largest absolute Gasteiger partial charge is 0.497 e. The summed E-state index contributed by atoms with van der Waals surface area (Å²) in [7, 11) is 1.55. The molecule has 4 heterocycles. The van der Waals surface area contributed by atoms with Crippen LogP contribution in [0.1, 0.15) is 27.5 Å². The number of benzene rings is 1. The van der Waals surface area contributed by atoms with Crippen LogP contribution in [0.15, 0.2) is 47.3 Å². The van der Waals surface area contributed by atoms with Gasteiger partial charge in [-0.25, -0.2) is 4.98 Å². The van der Waals surface area contributed by atoms with Crippen LogP contribution in [-0.4, -0.2) is 40.3 Å². The maximum absolute atomic E-state index is 13.1. The van der Waals surface area contributed by atoms with Crippen LogP contribution in [0.5, 0.6) is 5.75 Å². The van der Waals surface area contributed by atoms with E-state index < -0.39 is 5.54 Å². The van der Waals surface area contributed by atoms with Crippen LogP contribution in [0.3, 0.4) is 0 Å². The molecule has 0 radical (unpaired) electrons. The molecule has 0 spiro atoms. The molecule has 152 valence electrons. The number of nitrogens with one attached hydrogen (secondary N) is 2. The number of carbonyl (C=O) groups excluding carboxylic acids is 2. The van der Waals surface area contributed by atoms with E-state index in [1.54, 1.807) is 37.3 Å². The molecule has 2 aromatic heterocycles. The van der Waals surface area contributed by atoms with Crippen molar-refractivity contribution in [2.75, 3.05) is 13.7 Å². The molecule has 2 N–H and O–H groups in total. The molecule has 0 saturated carbocycles. The number of amides is 2. The van der Waals surface area contributed by atoms with Crippen molar-refractivity contribution in [2.24, 2.45) is 0 Å². The number of ether oxygens (including phenoxy) is 1. The second-order valence-corrected chi connectivity index (χ2v) is 7.44. The number of hydrogen-bond acceptors (Lipinski definition) is 7. The number of hydrogen-bond donors (Lipinski definition) is 2. The van der Waals surface area contributed by atoms with E-state index in [-0.39, 0.29) is 18.4 Å². The minimum atomic E-state index is -1.33. The number of methoxy groups -OCH3 is 1. The molecule has 0 unspecified atom stereocenters. The Bertz CT molecular complexity index is 1230. The summed E-state index contributed by atoms with van der Waals surface area (Å²) in [5.74, 6) is 1.32. The van der Waals surface area contributed by atoms with Gasteiger partial charge in [-0.15, -0.1) is 0 Å². The fourth-order valence-electron chi connectivity index (χ4n) is 3.96. The summed E-state index contributed by atoms with van der Waals surface area (Å²) >= 11 is 0. The van der Waals surface area contributed by atoms with Gasteiger partial charge in [0.1, 0.15) is 17.3 Å². The molecular formula is C21H19N5O4. The van der Waals surface area contributed by atoms with Crippen molar-refractivity contribution in [1.29, 1.82) is 0 Å². The third kappa shape index (κ3) is 2.62. The molecule has 2 amide bonds. The highest BCUT2D eigenvalue weighted by Crippen LogP contribution is 2.35.